The first-order valence-electron chi connectivity index (χ1n) is 5.28. The van der Waals surface area contributed by atoms with E-state index in [-0.39, 0.29) is 5.78 Å². The Bertz CT molecular complexity index is 359. The fourth-order valence-electron chi connectivity index (χ4n) is 1.91. The van der Waals surface area contributed by atoms with Crippen molar-refractivity contribution in [3.63, 3.8) is 0 Å². The van der Waals surface area contributed by atoms with Gasteiger partial charge < -0.3 is 0 Å². The summed E-state index contributed by atoms with van der Waals surface area (Å²) < 4.78 is 0. The number of Topliss-reactive ketones (excluding diaryl/α,β-unsaturated/α-hetero) is 1. The minimum absolute atomic E-state index is 0.178. The minimum atomic E-state index is -0.437. The Morgan fingerprint density at radius 3 is 2.47 bits per heavy atom. The topological polar surface area (TPSA) is 17.1 Å². The molecule has 0 N–H and O–H groups in total. The number of rotatable bonds is 4. The van der Waals surface area contributed by atoms with Crippen molar-refractivity contribution in [1.82, 2.24) is 0 Å². The van der Waals surface area contributed by atoms with E-state index in [0.29, 0.717) is 5.02 Å². The SMILES string of the molecule is CCCC(C)(C(C)=O)c1ccccc1Cl. The monoisotopic (exact) mass is 224 g/mol. The molecule has 0 saturated carbocycles. The van der Waals surface area contributed by atoms with Crippen LogP contribution in [0.5, 0.6) is 0 Å². The van der Waals surface area contributed by atoms with Crippen molar-refractivity contribution in [2.75, 3.05) is 0 Å². The molecule has 0 fully saturated rings. The van der Waals surface area contributed by atoms with Gasteiger partial charge in [-0.15, -0.1) is 0 Å². The molecule has 0 radical (unpaired) electrons. The first-order valence-corrected chi connectivity index (χ1v) is 5.66. The van der Waals surface area contributed by atoms with Crippen LogP contribution in [0.1, 0.15) is 39.2 Å². The van der Waals surface area contributed by atoms with Crippen molar-refractivity contribution in [2.45, 2.75) is 39.0 Å². The molecule has 0 amide bonds. The van der Waals surface area contributed by atoms with Crippen molar-refractivity contribution < 1.29 is 4.79 Å². The molecule has 1 atom stereocenters. The van der Waals surface area contributed by atoms with Crippen LogP contribution in [0.4, 0.5) is 0 Å². The average Bonchev–Trinajstić information content (AvgIpc) is 2.18. The molecular formula is C13H17ClO. The van der Waals surface area contributed by atoms with Gasteiger partial charge in [-0.05, 0) is 31.9 Å². The number of hydrogen-bond acceptors (Lipinski definition) is 1. The fraction of sp³-hybridized carbons (Fsp3) is 0.462. The lowest BCUT2D eigenvalue weighted by Crippen LogP contribution is -2.30. The first kappa shape index (κ1) is 12.3. The van der Waals surface area contributed by atoms with E-state index in [4.69, 9.17) is 11.6 Å². The molecule has 1 aromatic carbocycles. The first-order chi connectivity index (χ1) is 7.02. The van der Waals surface area contributed by atoms with Crippen molar-refractivity contribution in [3.8, 4) is 0 Å². The summed E-state index contributed by atoms with van der Waals surface area (Å²) in [6, 6.07) is 7.60. The Balaban J connectivity index is 3.21. The molecule has 15 heavy (non-hydrogen) atoms. The highest BCUT2D eigenvalue weighted by molar-refractivity contribution is 6.31. The van der Waals surface area contributed by atoms with Gasteiger partial charge in [0, 0.05) is 5.02 Å². The summed E-state index contributed by atoms with van der Waals surface area (Å²) in [6.45, 7) is 5.69. The zero-order valence-electron chi connectivity index (χ0n) is 9.51. The molecule has 82 valence electrons. The van der Waals surface area contributed by atoms with Crippen LogP contribution in [0.15, 0.2) is 24.3 Å². The predicted molar refractivity (Wildman–Crippen MR) is 64.4 cm³/mol. The molecule has 0 spiro atoms. The summed E-state index contributed by atoms with van der Waals surface area (Å²) in [6.07, 6.45) is 1.81. The third-order valence-corrected chi connectivity index (χ3v) is 3.32. The maximum absolute atomic E-state index is 11.7. The fourth-order valence-corrected chi connectivity index (χ4v) is 2.25. The van der Waals surface area contributed by atoms with E-state index in [1.807, 2.05) is 31.2 Å². The number of ketones is 1. The third-order valence-electron chi connectivity index (χ3n) is 3.00. The standard InChI is InChI=1S/C13H17ClO/c1-4-9-13(3,10(2)15)11-7-5-6-8-12(11)14/h5-8H,4,9H2,1-3H3. The zero-order valence-corrected chi connectivity index (χ0v) is 10.3. The highest BCUT2D eigenvalue weighted by atomic mass is 35.5. The summed E-state index contributed by atoms with van der Waals surface area (Å²) in [4.78, 5) is 11.7. The minimum Gasteiger partial charge on any atom is -0.299 e. The number of hydrogen-bond donors (Lipinski definition) is 0. The molecule has 0 aliphatic carbocycles. The Morgan fingerprint density at radius 2 is 2.00 bits per heavy atom. The maximum Gasteiger partial charge on any atom is 0.140 e. The lowest BCUT2D eigenvalue weighted by molar-refractivity contribution is -0.122. The Morgan fingerprint density at radius 1 is 1.40 bits per heavy atom. The van der Waals surface area contributed by atoms with E-state index in [2.05, 4.69) is 6.92 Å². The molecule has 0 aliphatic rings. The average molecular weight is 225 g/mol. The molecule has 2 heteroatoms. The van der Waals surface area contributed by atoms with Gasteiger partial charge in [0.05, 0.1) is 5.41 Å². The normalized spacial score (nSPS) is 14.7. The van der Waals surface area contributed by atoms with Gasteiger partial charge in [0.25, 0.3) is 0 Å². The van der Waals surface area contributed by atoms with Crippen LogP contribution in [-0.4, -0.2) is 5.78 Å². The molecule has 1 rings (SSSR count). The van der Waals surface area contributed by atoms with Crippen LogP contribution >= 0.6 is 11.6 Å². The molecule has 0 aliphatic heterocycles. The Labute approximate surface area is 96.5 Å². The van der Waals surface area contributed by atoms with Gasteiger partial charge >= 0.3 is 0 Å². The quantitative estimate of drug-likeness (QED) is 0.756. The number of carbonyl (C=O) groups excluding carboxylic acids is 1. The van der Waals surface area contributed by atoms with Gasteiger partial charge in [0.1, 0.15) is 5.78 Å². The summed E-state index contributed by atoms with van der Waals surface area (Å²) in [7, 11) is 0. The molecule has 0 saturated heterocycles. The molecule has 1 unspecified atom stereocenters. The van der Waals surface area contributed by atoms with Crippen molar-refractivity contribution in [1.29, 1.82) is 0 Å². The van der Waals surface area contributed by atoms with Crippen molar-refractivity contribution in [3.05, 3.63) is 34.9 Å². The van der Waals surface area contributed by atoms with Crippen LogP contribution in [0.2, 0.25) is 5.02 Å². The van der Waals surface area contributed by atoms with Crippen LogP contribution in [0.25, 0.3) is 0 Å². The smallest absolute Gasteiger partial charge is 0.140 e. The van der Waals surface area contributed by atoms with Gasteiger partial charge in [0.2, 0.25) is 0 Å². The van der Waals surface area contributed by atoms with E-state index in [1.54, 1.807) is 6.92 Å². The van der Waals surface area contributed by atoms with E-state index in [9.17, 15) is 4.79 Å². The molecule has 0 bridgehead atoms. The van der Waals surface area contributed by atoms with Crippen LogP contribution in [0.3, 0.4) is 0 Å². The van der Waals surface area contributed by atoms with E-state index in [0.717, 1.165) is 18.4 Å². The van der Waals surface area contributed by atoms with Crippen LogP contribution in [0, 0.1) is 0 Å². The van der Waals surface area contributed by atoms with E-state index < -0.39 is 5.41 Å². The number of benzene rings is 1. The van der Waals surface area contributed by atoms with Gasteiger partial charge in [-0.2, -0.15) is 0 Å². The Hall–Kier alpha value is -0.820. The third kappa shape index (κ3) is 2.40. The molecule has 0 heterocycles. The second-order valence-electron chi connectivity index (χ2n) is 4.12. The van der Waals surface area contributed by atoms with Gasteiger partial charge in [-0.25, -0.2) is 0 Å². The summed E-state index contributed by atoms with van der Waals surface area (Å²) >= 11 is 6.14. The lowest BCUT2D eigenvalue weighted by atomic mass is 9.75. The Kier molecular flexibility index (Phi) is 3.92. The van der Waals surface area contributed by atoms with Gasteiger partial charge in [0.15, 0.2) is 0 Å². The highest BCUT2D eigenvalue weighted by Crippen LogP contribution is 2.34. The molecule has 0 aromatic heterocycles. The van der Waals surface area contributed by atoms with E-state index in [1.165, 1.54) is 0 Å². The summed E-state index contributed by atoms with van der Waals surface area (Å²) in [5, 5.41) is 0.684. The lowest BCUT2D eigenvalue weighted by Gasteiger charge is -2.27. The molecule has 1 aromatic rings. The van der Waals surface area contributed by atoms with Crippen molar-refractivity contribution in [2.24, 2.45) is 0 Å². The van der Waals surface area contributed by atoms with E-state index >= 15 is 0 Å². The summed E-state index contributed by atoms with van der Waals surface area (Å²) in [5.41, 5.74) is 0.508. The molecule has 1 nitrogen and oxygen atoms in total. The number of carbonyl (C=O) groups is 1. The molecular weight excluding hydrogens is 208 g/mol. The van der Waals surface area contributed by atoms with Crippen LogP contribution in [-0.2, 0) is 10.2 Å². The van der Waals surface area contributed by atoms with Crippen molar-refractivity contribution >= 4 is 17.4 Å². The van der Waals surface area contributed by atoms with Gasteiger partial charge in [-0.3, -0.25) is 4.79 Å². The second-order valence-corrected chi connectivity index (χ2v) is 4.53. The predicted octanol–water partition coefficient (Wildman–Crippen LogP) is 3.99. The largest absolute Gasteiger partial charge is 0.299 e. The maximum atomic E-state index is 11.7. The second kappa shape index (κ2) is 4.80. The highest BCUT2D eigenvalue weighted by Gasteiger charge is 2.32. The number of halogens is 1. The summed E-state index contributed by atoms with van der Waals surface area (Å²) in [5.74, 6) is 0.178. The van der Waals surface area contributed by atoms with Crippen LogP contribution < -0.4 is 0 Å². The zero-order chi connectivity index (χ0) is 11.5. The van der Waals surface area contributed by atoms with Gasteiger partial charge in [-0.1, -0.05) is 43.1 Å².